The Balaban J connectivity index is 1.63. The molecule has 0 spiro atoms. The zero-order chi connectivity index (χ0) is 16.1. The van der Waals surface area contributed by atoms with E-state index in [1.54, 1.807) is 41.4 Å². The highest BCUT2D eigenvalue weighted by atomic mass is 32.2. The van der Waals surface area contributed by atoms with Crippen LogP contribution in [0, 0.1) is 0 Å². The molecule has 3 nitrogen and oxygen atoms in total. The quantitative estimate of drug-likeness (QED) is 0.639. The van der Waals surface area contributed by atoms with Crippen LogP contribution in [0.3, 0.4) is 0 Å². The molecule has 23 heavy (non-hydrogen) atoms. The number of rotatable bonds is 6. The zero-order valence-corrected chi connectivity index (χ0v) is 14.6. The Morgan fingerprint density at radius 2 is 1.65 bits per heavy atom. The standard InChI is InChI=1S/C17H15NO2S3/c19-23(20,17-7-4-12-21-17)18-15-8-10-16(11-9-15)22-13-14-5-2-1-3-6-14/h1-12,18H,13H2. The van der Waals surface area contributed by atoms with Crippen LogP contribution >= 0.6 is 23.1 Å². The molecular weight excluding hydrogens is 346 g/mol. The summed E-state index contributed by atoms with van der Waals surface area (Å²) in [4.78, 5) is 1.10. The largest absolute Gasteiger partial charge is 0.279 e. The van der Waals surface area contributed by atoms with E-state index in [4.69, 9.17) is 0 Å². The average molecular weight is 362 g/mol. The number of thioether (sulfide) groups is 1. The third-order valence-electron chi connectivity index (χ3n) is 3.11. The predicted octanol–water partition coefficient (Wildman–Crippen LogP) is 4.84. The molecule has 2 aromatic carbocycles. The monoisotopic (exact) mass is 361 g/mol. The molecule has 3 rings (SSSR count). The van der Waals surface area contributed by atoms with Gasteiger partial charge in [0.05, 0.1) is 0 Å². The smallest absolute Gasteiger partial charge is 0.271 e. The molecule has 0 aliphatic heterocycles. The van der Waals surface area contributed by atoms with Gasteiger partial charge in [-0.05, 0) is 41.3 Å². The first-order chi connectivity index (χ1) is 11.1. The zero-order valence-electron chi connectivity index (χ0n) is 12.2. The molecule has 0 aliphatic rings. The Morgan fingerprint density at radius 3 is 2.30 bits per heavy atom. The predicted molar refractivity (Wildman–Crippen MR) is 97.6 cm³/mol. The van der Waals surface area contributed by atoms with Gasteiger partial charge in [0.15, 0.2) is 0 Å². The summed E-state index contributed by atoms with van der Waals surface area (Å²) in [6.45, 7) is 0. The highest BCUT2D eigenvalue weighted by Crippen LogP contribution is 2.25. The molecule has 0 saturated heterocycles. The summed E-state index contributed by atoms with van der Waals surface area (Å²) < 4.78 is 27.2. The Hall–Kier alpha value is -1.76. The van der Waals surface area contributed by atoms with Gasteiger partial charge < -0.3 is 0 Å². The van der Waals surface area contributed by atoms with Gasteiger partial charge in [-0.25, -0.2) is 8.42 Å². The topological polar surface area (TPSA) is 46.2 Å². The molecule has 0 amide bonds. The van der Waals surface area contributed by atoms with Crippen LogP contribution in [0.25, 0.3) is 0 Å². The van der Waals surface area contributed by atoms with Gasteiger partial charge in [-0.2, -0.15) is 0 Å². The summed E-state index contributed by atoms with van der Waals surface area (Å²) in [6.07, 6.45) is 0. The average Bonchev–Trinajstić information content (AvgIpc) is 3.10. The molecule has 1 N–H and O–H groups in total. The SMILES string of the molecule is O=S(=O)(Nc1ccc(SCc2ccccc2)cc1)c1cccs1. The minimum absolute atomic E-state index is 0.319. The van der Waals surface area contributed by atoms with Gasteiger partial charge in [0.2, 0.25) is 0 Å². The van der Waals surface area contributed by atoms with E-state index in [2.05, 4.69) is 16.9 Å². The summed E-state index contributed by atoms with van der Waals surface area (Å²) in [5.41, 5.74) is 1.84. The molecule has 3 aromatic rings. The first-order valence-electron chi connectivity index (χ1n) is 6.97. The van der Waals surface area contributed by atoms with Gasteiger partial charge in [-0.15, -0.1) is 23.1 Å². The second kappa shape index (κ2) is 7.21. The fraction of sp³-hybridized carbons (Fsp3) is 0.0588. The molecule has 118 valence electrons. The molecule has 6 heteroatoms. The van der Waals surface area contributed by atoms with Crippen LogP contribution in [0.1, 0.15) is 5.56 Å². The highest BCUT2D eigenvalue weighted by molar-refractivity contribution is 7.98. The summed E-state index contributed by atoms with van der Waals surface area (Å²) in [5.74, 6) is 0.890. The van der Waals surface area contributed by atoms with Crippen molar-refractivity contribution in [1.29, 1.82) is 0 Å². The van der Waals surface area contributed by atoms with Crippen molar-refractivity contribution in [2.75, 3.05) is 4.72 Å². The summed E-state index contributed by atoms with van der Waals surface area (Å²) >= 11 is 2.93. The van der Waals surface area contributed by atoms with Crippen molar-refractivity contribution in [3.8, 4) is 0 Å². The normalized spacial score (nSPS) is 11.3. The van der Waals surface area contributed by atoms with Gasteiger partial charge in [0, 0.05) is 16.3 Å². The van der Waals surface area contributed by atoms with Gasteiger partial charge >= 0.3 is 0 Å². The van der Waals surface area contributed by atoms with Crippen molar-refractivity contribution < 1.29 is 8.42 Å². The van der Waals surface area contributed by atoms with Gasteiger partial charge in [0.25, 0.3) is 10.0 Å². The van der Waals surface area contributed by atoms with Crippen molar-refractivity contribution in [3.63, 3.8) is 0 Å². The van der Waals surface area contributed by atoms with Crippen LogP contribution in [0.5, 0.6) is 0 Å². The Kier molecular flexibility index (Phi) is 5.05. The van der Waals surface area contributed by atoms with E-state index in [1.165, 1.54) is 16.9 Å². The van der Waals surface area contributed by atoms with E-state index >= 15 is 0 Å². The maximum absolute atomic E-state index is 12.2. The Labute approximate surface area is 144 Å². The second-order valence-corrected chi connectivity index (χ2v) is 8.74. The molecule has 0 aliphatic carbocycles. The second-order valence-electron chi connectivity index (χ2n) is 4.84. The van der Waals surface area contributed by atoms with Crippen LogP contribution in [0.4, 0.5) is 5.69 Å². The molecule has 0 radical (unpaired) electrons. The first-order valence-corrected chi connectivity index (χ1v) is 10.3. The molecule has 1 aromatic heterocycles. The molecule has 0 fully saturated rings. The maximum atomic E-state index is 12.2. The third kappa shape index (κ3) is 4.37. The fourth-order valence-corrected chi connectivity index (χ4v) is 4.89. The van der Waals surface area contributed by atoms with Crippen LogP contribution in [0.15, 0.2) is 81.2 Å². The summed E-state index contributed by atoms with van der Waals surface area (Å²) in [7, 11) is -3.48. The van der Waals surface area contributed by atoms with E-state index in [1.807, 2.05) is 30.3 Å². The lowest BCUT2D eigenvalue weighted by Crippen LogP contribution is -2.11. The van der Waals surface area contributed by atoms with Crippen molar-refractivity contribution >= 4 is 38.8 Å². The molecule has 0 unspecified atom stereocenters. The first kappa shape index (κ1) is 16.1. The summed E-state index contributed by atoms with van der Waals surface area (Å²) in [5, 5.41) is 1.75. The lowest BCUT2D eigenvalue weighted by atomic mass is 10.2. The molecular formula is C17H15NO2S3. The number of benzene rings is 2. The number of hydrogen-bond acceptors (Lipinski definition) is 4. The van der Waals surface area contributed by atoms with Gasteiger partial charge in [-0.1, -0.05) is 36.4 Å². The fourth-order valence-electron chi connectivity index (χ4n) is 1.98. The third-order valence-corrected chi connectivity index (χ3v) is 6.98. The van der Waals surface area contributed by atoms with Crippen LogP contribution < -0.4 is 4.72 Å². The molecule has 0 saturated carbocycles. The molecule has 0 bridgehead atoms. The minimum atomic E-state index is -3.48. The molecule has 0 atom stereocenters. The van der Waals surface area contributed by atoms with Gasteiger partial charge in [-0.3, -0.25) is 4.72 Å². The summed E-state index contributed by atoms with van der Waals surface area (Å²) in [6, 6.07) is 21.0. The number of hydrogen-bond donors (Lipinski definition) is 1. The van der Waals surface area contributed by atoms with E-state index in [0.29, 0.717) is 9.90 Å². The van der Waals surface area contributed by atoms with Crippen molar-refractivity contribution in [2.24, 2.45) is 0 Å². The van der Waals surface area contributed by atoms with E-state index in [0.717, 1.165) is 10.6 Å². The van der Waals surface area contributed by atoms with E-state index < -0.39 is 10.0 Å². The van der Waals surface area contributed by atoms with Crippen LogP contribution in [-0.4, -0.2) is 8.42 Å². The Morgan fingerprint density at radius 1 is 0.913 bits per heavy atom. The highest BCUT2D eigenvalue weighted by Gasteiger charge is 2.14. The lowest BCUT2D eigenvalue weighted by Gasteiger charge is -2.07. The number of anilines is 1. The molecule has 1 heterocycles. The minimum Gasteiger partial charge on any atom is -0.279 e. The maximum Gasteiger partial charge on any atom is 0.271 e. The number of sulfonamides is 1. The lowest BCUT2D eigenvalue weighted by molar-refractivity contribution is 0.603. The van der Waals surface area contributed by atoms with Crippen molar-refractivity contribution in [3.05, 3.63) is 77.7 Å². The Bertz CT molecular complexity index is 843. The number of nitrogens with one attached hydrogen (secondary N) is 1. The van der Waals surface area contributed by atoms with E-state index in [-0.39, 0.29) is 0 Å². The van der Waals surface area contributed by atoms with Crippen LogP contribution in [-0.2, 0) is 15.8 Å². The number of thiophene rings is 1. The van der Waals surface area contributed by atoms with E-state index in [9.17, 15) is 8.42 Å². The van der Waals surface area contributed by atoms with Crippen molar-refractivity contribution in [1.82, 2.24) is 0 Å². The van der Waals surface area contributed by atoms with Crippen molar-refractivity contribution in [2.45, 2.75) is 14.9 Å². The van der Waals surface area contributed by atoms with Crippen LogP contribution in [0.2, 0.25) is 0 Å². The van der Waals surface area contributed by atoms with Gasteiger partial charge in [0.1, 0.15) is 4.21 Å².